The van der Waals surface area contributed by atoms with Gasteiger partial charge in [-0.1, -0.05) is 47.5 Å². The highest BCUT2D eigenvalue weighted by molar-refractivity contribution is 7.13. The van der Waals surface area contributed by atoms with E-state index in [1.54, 1.807) is 42.5 Å². The van der Waals surface area contributed by atoms with Gasteiger partial charge in [-0.05, 0) is 53.9 Å². The van der Waals surface area contributed by atoms with Crippen LogP contribution >= 0.6 is 34.5 Å². The predicted octanol–water partition coefficient (Wildman–Crippen LogP) is 6.56. The normalized spacial score (nSPS) is 10.8. The van der Waals surface area contributed by atoms with Crippen LogP contribution in [-0.2, 0) is 0 Å². The molecule has 0 saturated heterocycles. The topological polar surface area (TPSA) is 93.3 Å². The minimum Gasteiger partial charge on any atom is -0.478 e. The molecule has 1 heterocycles. The molecule has 160 valence electrons. The first-order chi connectivity index (χ1) is 15.2. The van der Waals surface area contributed by atoms with E-state index in [0.29, 0.717) is 31.7 Å². The number of thiazole rings is 1. The number of aromatic nitrogens is 1. The third-order valence-electron chi connectivity index (χ3n) is 5.02. The lowest BCUT2D eigenvalue weighted by Crippen LogP contribution is -2.11. The van der Waals surface area contributed by atoms with Crippen molar-refractivity contribution in [3.8, 4) is 33.0 Å². The van der Waals surface area contributed by atoms with Gasteiger partial charge in [-0.25, -0.2) is 9.78 Å². The van der Waals surface area contributed by atoms with E-state index in [-0.39, 0.29) is 5.56 Å². The lowest BCUT2D eigenvalue weighted by molar-refractivity contribution is 0.0697. The first-order valence-corrected chi connectivity index (χ1v) is 11.1. The number of nitrogens with zero attached hydrogens (tertiary/aromatic N) is 1. The van der Waals surface area contributed by atoms with Crippen LogP contribution in [0.1, 0.15) is 26.3 Å². The number of primary amides is 1. The maximum absolute atomic E-state index is 12.0. The number of carbonyl (C=O) groups is 2. The summed E-state index contributed by atoms with van der Waals surface area (Å²) in [4.78, 5) is 28.1. The van der Waals surface area contributed by atoms with Gasteiger partial charge in [0, 0.05) is 22.1 Å². The lowest BCUT2D eigenvalue weighted by atomic mass is 9.93. The maximum atomic E-state index is 12.0. The molecule has 3 aromatic carbocycles. The van der Waals surface area contributed by atoms with Crippen molar-refractivity contribution in [1.82, 2.24) is 4.98 Å². The van der Waals surface area contributed by atoms with E-state index in [2.05, 4.69) is 4.98 Å². The number of aryl methyl sites for hydroxylation is 1. The van der Waals surface area contributed by atoms with Crippen molar-refractivity contribution in [3.63, 3.8) is 0 Å². The molecule has 8 heteroatoms. The molecule has 0 spiro atoms. The molecule has 0 aliphatic rings. The Kier molecular flexibility index (Phi) is 6.02. The molecule has 1 aromatic heterocycles. The Morgan fingerprint density at radius 2 is 1.66 bits per heavy atom. The molecular formula is C24H16Cl2N2O3S. The van der Waals surface area contributed by atoms with Crippen LogP contribution in [0.5, 0.6) is 0 Å². The third-order valence-corrected chi connectivity index (χ3v) is 6.65. The number of amides is 1. The Balaban J connectivity index is 1.75. The zero-order chi connectivity index (χ0) is 23.0. The second-order valence-electron chi connectivity index (χ2n) is 7.13. The van der Waals surface area contributed by atoms with Crippen LogP contribution in [0.3, 0.4) is 0 Å². The minimum atomic E-state index is -1.05. The van der Waals surface area contributed by atoms with E-state index in [1.165, 1.54) is 11.3 Å². The number of carboxylic acid groups (broad SMARTS) is 1. The van der Waals surface area contributed by atoms with Gasteiger partial charge in [0.15, 0.2) is 0 Å². The number of carbonyl (C=O) groups excluding carboxylic acids is 1. The van der Waals surface area contributed by atoms with E-state index in [0.717, 1.165) is 22.4 Å². The summed E-state index contributed by atoms with van der Waals surface area (Å²) in [6.07, 6.45) is 0. The van der Waals surface area contributed by atoms with Gasteiger partial charge in [0.1, 0.15) is 5.01 Å². The molecule has 3 N–H and O–H groups in total. The molecule has 5 nitrogen and oxygen atoms in total. The number of rotatable bonds is 5. The summed E-state index contributed by atoms with van der Waals surface area (Å²) >= 11 is 13.5. The number of hydrogen-bond acceptors (Lipinski definition) is 4. The average molecular weight is 483 g/mol. The van der Waals surface area contributed by atoms with Gasteiger partial charge >= 0.3 is 5.97 Å². The summed E-state index contributed by atoms with van der Waals surface area (Å²) in [6, 6.07) is 15.4. The summed E-state index contributed by atoms with van der Waals surface area (Å²) in [5, 5.41) is 13.3. The molecule has 1 amide bonds. The number of nitrogens with two attached hydrogens (primary N) is 1. The molecule has 0 aliphatic heterocycles. The molecule has 0 bridgehead atoms. The number of benzene rings is 3. The number of carboxylic acids is 1. The molecule has 32 heavy (non-hydrogen) atoms. The van der Waals surface area contributed by atoms with Crippen LogP contribution in [0, 0.1) is 6.92 Å². The summed E-state index contributed by atoms with van der Waals surface area (Å²) in [7, 11) is 0. The minimum absolute atomic E-state index is 0.142. The highest BCUT2D eigenvalue weighted by atomic mass is 35.5. The second-order valence-corrected chi connectivity index (χ2v) is 8.80. The van der Waals surface area contributed by atoms with Crippen molar-refractivity contribution >= 4 is 46.4 Å². The van der Waals surface area contributed by atoms with Crippen molar-refractivity contribution in [2.75, 3.05) is 0 Å². The van der Waals surface area contributed by atoms with Crippen LogP contribution in [0.15, 0.2) is 60.0 Å². The molecule has 0 unspecified atom stereocenters. The smallest absolute Gasteiger partial charge is 0.336 e. The quantitative estimate of drug-likeness (QED) is 0.336. The van der Waals surface area contributed by atoms with Crippen molar-refractivity contribution in [2.24, 2.45) is 5.73 Å². The SMILES string of the molecule is Cc1cc(C(N)=O)ccc1-c1ccc(-c2nc(-c3ccc(Cl)c(Cl)c3)cs2)cc1C(=O)O. The molecule has 4 rings (SSSR count). The van der Waals surface area contributed by atoms with Crippen molar-refractivity contribution in [3.05, 3.63) is 86.7 Å². The average Bonchev–Trinajstić information content (AvgIpc) is 3.25. The zero-order valence-corrected chi connectivity index (χ0v) is 19.1. The van der Waals surface area contributed by atoms with E-state index in [1.807, 2.05) is 24.4 Å². The van der Waals surface area contributed by atoms with Crippen LogP contribution in [0.4, 0.5) is 0 Å². The lowest BCUT2D eigenvalue weighted by Gasteiger charge is -2.12. The van der Waals surface area contributed by atoms with E-state index in [4.69, 9.17) is 28.9 Å². The third kappa shape index (κ3) is 4.25. The van der Waals surface area contributed by atoms with Gasteiger partial charge < -0.3 is 10.8 Å². The van der Waals surface area contributed by atoms with Crippen molar-refractivity contribution < 1.29 is 14.7 Å². The van der Waals surface area contributed by atoms with Gasteiger partial charge in [-0.2, -0.15) is 0 Å². The summed E-state index contributed by atoms with van der Waals surface area (Å²) in [5.74, 6) is -1.59. The monoisotopic (exact) mass is 482 g/mol. The fourth-order valence-corrected chi connectivity index (χ4v) is 4.53. The van der Waals surface area contributed by atoms with E-state index < -0.39 is 11.9 Å². The highest BCUT2D eigenvalue weighted by Crippen LogP contribution is 2.35. The fraction of sp³-hybridized carbons (Fsp3) is 0.0417. The summed E-state index contributed by atoms with van der Waals surface area (Å²) in [6.45, 7) is 1.81. The first kappa shape index (κ1) is 22.0. The molecule has 0 atom stereocenters. The van der Waals surface area contributed by atoms with Crippen LogP contribution in [-0.4, -0.2) is 22.0 Å². The Morgan fingerprint density at radius 3 is 2.31 bits per heavy atom. The Bertz CT molecular complexity index is 1380. The zero-order valence-electron chi connectivity index (χ0n) is 16.7. The second kappa shape index (κ2) is 8.74. The number of aromatic carboxylic acids is 1. The molecule has 0 radical (unpaired) electrons. The molecule has 0 aliphatic carbocycles. The summed E-state index contributed by atoms with van der Waals surface area (Å²) in [5.41, 5.74) is 10.1. The largest absolute Gasteiger partial charge is 0.478 e. The molecular weight excluding hydrogens is 467 g/mol. The molecule has 4 aromatic rings. The predicted molar refractivity (Wildman–Crippen MR) is 129 cm³/mol. The highest BCUT2D eigenvalue weighted by Gasteiger charge is 2.17. The van der Waals surface area contributed by atoms with Gasteiger partial charge in [0.05, 0.1) is 21.3 Å². The van der Waals surface area contributed by atoms with E-state index in [9.17, 15) is 14.7 Å². The van der Waals surface area contributed by atoms with Gasteiger partial charge in [-0.15, -0.1) is 11.3 Å². The standard InChI is InChI=1S/C24H16Cl2N2O3S/c1-12-8-14(22(27)29)2-5-16(12)17-6-3-15(9-18(17)24(30)31)23-28-21(11-32-23)13-4-7-19(25)20(26)10-13/h2-11H,1H3,(H2,27,29)(H,30,31). The molecule has 0 fully saturated rings. The van der Waals surface area contributed by atoms with Crippen molar-refractivity contribution in [1.29, 1.82) is 0 Å². The maximum Gasteiger partial charge on any atom is 0.336 e. The van der Waals surface area contributed by atoms with Gasteiger partial charge in [0.25, 0.3) is 0 Å². The Labute approximate surface area is 198 Å². The number of halogens is 2. The van der Waals surface area contributed by atoms with Gasteiger partial charge in [-0.3, -0.25) is 4.79 Å². The first-order valence-electron chi connectivity index (χ1n) is 9.44. The Hall–Kier alpha value is -3.19. The summed E-state index contributed by atoms with van der Waals surface area (Å²) < 4.78 is 0. The van der Waals surface area contributed by atoms with Crippen molar-refractivity contribution in [2.45, 2.75) is 6.92 Å². The van der Waals surface area contributed by atoms with Crippen LogP contribution in [0.2, 0.25) is 10.0 Å². The van der Waals surface area contributed by atoms with Crippen LogP contribution < -0.4 is 5.73 Å². The molecule has 0 saturated carbocycles. The Morgan fingerprint density at radius 1 is 0.938 bits per heavy atom. The fourth-order valence-electron chi connectivity index (χ4n) is 3.40. The van der Waals surface area contributed by atoms with Crippen LogP contribution in [0.25, 0.3) is 33.0 Å². The van der Waals surface area contributed by atoms with E-state index >= 15 is 0 Å². The van der Waals surface area contributed by atoms with Gasteiger partial charge in [0.2, 0.25) is 5.91 Å². The number of hydrogen-bond donors (Lipinski definition) is 2.